The highest BCUT2D eigenvalue weighted by Gasteiger charge is 2.58. The van der Waals surface area contributed by atoms with Crippen LogP contribution in [0.4, 0.5) is 0 Å². The van der Waals surface area contributed by atoms with Crippen LogP contribution in [0.3, 0.4) is 0 Å². The fourth-order valence-electron chi connectivity index (χ4n) is 3.66. The van der Waals surface area contributed by atoms with Gasteiger partial charge in [-0.1, -0.05) is 60.7 Å². The van der Waals surface area contributed by atoms with Crippen molar-refractivity contribution in [1.29, 1.82) is 0 Å². The molecule has 0 N–H and O–H groups in total. The topological polar surface area (TPSA) is 69.7 Å². The first-order chi connectivity index (χ1) is 13.9. The Labute approximate surface area is 170 Å². The first kappa shape index (κ1) is 20.5. The number of allylic oxidation sites excluding steroid dienone is 1. The van der Waals surface area contributed by atoms with E-state index in [1.54, 1.807) is 24.3 Å². The summed E-state index contributed by atoms with van der Waals surface area (Å²) < 4.78 is 10.9. The van der Waals surface area contributed by atoms with Gasteiger partial charge in [0.25, 0.3) is 5.79 Å². The lowest BCUT2D eigenvalue weighted by molar-refractivity contribution is -0.246. The number of hydrogen-bond donors (Lipinski definition) is 0. The minimum absolute atomic E-state index is 0.171. The average Bonchev–Trinajstić information content (AvgIpc) is 2.69. The quantitative estimate of drug-likeness (QED) is 0.307. The molecule has 2 aromatic carbocycles. The molecule has 1 aliphatic heterocycles. The largest absolute Gasteiger partial charge is 0.422 e. The van der Waals surface area contributed by atoms with Crippen LogP contribution in [0.5, 0.6) is 0 Å². The molecule has 1 saturated heterocycles. The molecule has 1 aliphatic rings. The maximum absolute atomic E-state index is 13.2. The molecule has 0 bridgehead atoms. The summed E-state index contributed by atoms with van der Waals surface area (Å²) in [5.74, 6) is -2.73. The molecule has 0 unspecified atom stereocenters. The van der Waals surface area contributed by atoms with Crippen LogP contribution in [-0.2, 0) is 30.3 Å². The molecule has 5 nitrogen and oxygen atoms in total. The number of benzene rings is 2. The summed E-state index contributed by atoms with van der Waals surface area (Å²) in [6.07, 6.45) is 3.23. The number of cyclic esters (lactones) is 2. The monoisotopic (exact) mass is 392 g/mol. The Kier molecular flexibility index (Phi) is 5.97. The number of aryl methyl sites for hydroxylation is 1. The molecule has 0 spiro atoms. The Hall–Kier alpha value is -3.21. The molecule has 150 valence electrons. The molecule has 0 saturated carbocycles. The normalized spacial score (nSPS) is 17.9. The number of rotatable bonds is 7. The fourth-order valence-corrected chi connectivity index (χ4v) is 3.66. The van der Waals surface area contributed by atoms with Crippen LogP contribution in [-0.4, -0.2) is 24.0 Å². The molecule has 0 amide bonds. The van der Waals surface area contributed by atoms with Gasteiger partial charge in [0.2, 0.25) is 0 Å². The van der Waals surface area contributed by atoms with Crippen molar-refractivity contribution in [2.24, 2.45) is 5.41 Å². The number of hydrogen-bond acceptors (Lipinski definition) is 5. The summed E-state index contributed by atoms with van der Waals surface area (Å²) in [7, 11) is 0. The standard InChI is InChI=1S/C24H24O5/c1-23(2)28-21(26)24(22(27)29-23,16-9-12-18-10-5-3-6-11-18)20(15-17-25)19-13-7-4-8-14-19/h3-8,10-11,13-15,17H,9,12,16H2,1-2H3/b20-15+. The third kappa shape index (κ3) is 4.29. The molecule has 29 heavy (non-hydrogen) atoms. The summed E-state index contributed by atoms with van der Waals surface area (Å²) >= 11 is 0. The number of carbonyl (C=O) groups excluding carboxylic acids is 3. The van der Waals surface area contributed by atoms with Crippen molar-refractivity contribution in [3.05, 3.63) is 77.9 Å². The second kappa shape index (κ2) is 8.43. The van der Waals surface area contributed by atoms with E-state index in [2.05, 4.69) is 0 Å². The van der Waals surface area contributed by atoms with Crippen LogP contribution < -0.4 is 0 Å². The van der Waals surface area contributed by atoms with Crippen molar-refractivity contribution in [2.45, 2.75) is 38.9 Å². The molecule has 0 atom stereocenters. The second-order valence-electron chi connectivity index (χ2n) is 7.51. The van der Waals surface area contributed by atoms with Gasteiger partial charge in [-0.3, -0.25) is 14.4 Å². The summed E-state index contributed by atoms with van der Waals surface area (Å²) in [6, 6.07) is 18.7. The summed E-state index contributed by atoms with van der Waals surface area (Å²) in [5.41, 5.74) is 0.313. The van der Waals surface area contributed by atoms with Gasteiger partial charge in [0, 0.05) is 13.8 Å². The number of ether oxygens (including phenoxy) is 2. The zero-order valence-corrected chi connectivity index (χ0v) is 16.6. The molecule has 1 heterocycles. The van der Waals surface area contributed by atoms with Gasteiger partial charge in [-0.2, -0.15) is 0 Å². The third-order valence-corrected chi connectivity index (χ3v) is 5.01. The predicted octanol–water partition coefficient (Wildman–Crippen LogP) is 4.11. The van der Waals surface area contributed by atoms with Crippen LogP contribution in [0, 0.1) is 5.41 Å². The Bertz CT molecular complexity index is 893. The van der Waals surface area contributed by atoms with E-state index in [9.17, 15) is 14.4 Å². The summed E-state index contributed by atoms with van der Waals surface area (Å²) in [6.45, 7) is 3.03. The van der Waals surface area contributed by atoms with Gasteiger partial charge in [0.1, 0.15) is 6.29 Å². The highest BCUT2D eigenvalue weighted by atomic mass is 16.7. The van der Waals surface area contributed by atoms with Gasteiger partial charge in [0.15, 0.2) is 5.41 Å². The molecule has 0 aromatic heterocycles. The highest BCUT2D eigenvalue weighted by molar-refractivity contribution is 6.14. The minimum atomic E-state index is -1.69. The SMILES string of the molecule is CC1(C)OC(=O)C(CCCc2ccccc2)(/C(=C/C=O)c2ccccc2)C(=O)O1. The zero-order chi connectivity index (χ0) is 20.9. The Morgan fingerprint density at radius 1 is 0.897 bits per heavy atom. The van der Waals surface area contributed by atoms with Crippen LogP contribution in [0.25, 0.3) is 5.57 Å². The molecule has 0 aliphatic carbocycles. The lowest BCUT2D eigenvalue weighted by atomic mass is 9.72. The maximum Gasteiger partial charge on any atom is 0.331 e. The smallest absolute Gasteiger partial charge is 0.331 e. The van der Waals surface area contributed by atoms with E-state index in [0.717, 1.165) is 5.56 Å². The molecule has 5 heteroatoms. The fraction of sp³-hybridized carbons (Fsp3) is 0.292. The zero-order valence-electron chi connectivity index (χ0n) is 16.6. The highest BCUT2D eigenvalue weighted by Crippen LogP contribution is 2.46. The lowest BCUT2D eigenvalue weighted by Crippen LogP contribution is -2.54. The average molecular weight is 392 g/mol. The maximum atomic E-state index is 13.2. The second-order valence-corrected chi connectivity index (χ2v) is 7.51. The number of aldehydes is 1. The van der Waals surface area contributed by atoms with E-state index in [-0.39, 0.29) is 6.42 Å². The van der Waals surface area contributed by atoms with Crippen molar-refractivity contribution in [1.82, 2.24) is 0 Å². The number of esters is 2. The Balaban J connectivity index is 2.01. The van der Waals surface area contributed by atoms with E-state index < -0.39 is 23.1 Å². The van der Waals surface area contributed by atoms with Crippen molar-refractivity contribution < 1.29 is 23.9 Å². The van der Waals surface area contributed by atoms with Crippen LogP contribution in [0.15, 0.2) is 66.7 Å². The van der Waals surface area contributed by atoms with E-state index >= 15 is 0 Å². The van der Waals surface area contributed by atoms with Crippen molar-refractivity contribution in [3.63, 3.8) is 0 Å². The minimum Gasteiger partial charge on any atom is -0.422 e. The predicted molar refractivity (Wildman–Crippen MR) is 109 cm³/mol. The van der Waals surface area contributed by atoms with Crippen molar-refractivity contribution in [3.8, 4) is 0 Å². The van der Waals surface area contributed by atoms with Gasteiger partial charge < -0.3 is 9.47 Å². The first-order valence-corrected chi connectivity index (χ1v) is 9.61. The summed E-state index contributed by atoms with van der Waals surface area (Å²) in [5, 5.41) is 0. The Morgan fingerprint density at radius 2 is 1.45 bits per heavy atom. The van der Waals surface area contributed by atoms with Gasteiger partial charge in [-0.15, -0.1) is 0 Å². The first-order valence-electron chi connectivity index (χ1n) is 9.61. The van der Waals surface area contributed by atoms with E-state index in [1.807, 2.05) is 36.4 Å². The van der Waals surface area contributed by atoms with Crippen molar-refractivity contribution in [2.75, 3.05) is 0 Å². The van der Waals surface area contributed by atoms with Crippen LogP contribution >= 0.6 is 0 Å². The molecule has 0 radical (unpaired) electrons. The molecule has 2 aromatic rings. The molecular formula is C24H24O5. The molecular weight excluding hydrogens is 368 g/mol. The molecule has 1 fully saturated rings. The van der Waals surface area contributed by atoms with Gasteiger partial charge in [-0.05, 0) is 42.0 Å². The van der Waals surface area contributed by atoms with E-state index in [1.165, 1.54) is 19.9 Å². The van der Waals surface area contributed by atoms with Crippen LogP contribution in [0.2, 0.25) is 0 Å². The Morgan fingerprint density at radius 3 is 2.00 bits per heavy atom. The van der Waals surface area contributed by atoms with Gasteiger partial charge >= 0.3 is 11.9 Å². The third-order valence-electron chi connectivity index (χ3n) is 5.01. The van der Waals surface area contributed by atoms with Gasteiger partial charge in [0.05, 0.1) is 0 Å². The lowest BCUT2D eigenvalue weighted by Gasteiger charge is -2.41. The number of carbonyl (C=O) groups is 3. The van der Waals surface area contributed by atoms with Crippen molar-refractivity contribution >= 4 is 23.8 Å². The molecule has 3 rings (SSSR count). The van der Waals surface area contributed by atoms with E-state index in [4.69, 9.17) is 9.47 Å². The van der Waals surface area contributed by atoms with Crippen LogP contribution in [0.1, 0.15) is 37.8 Å². The summed E-state index contributed by atoms with van der Waals surface area (Å²) in [4.78, 5) is 37.8. The van der Waals surface area contributed by atoms with Gasteiger partial charge in [-0.25, -0.2) is 0 Å². The van der Waals surface area contributed by atoms with E-state index in [0.29, 0.717) is 30.3 Å².